The zero-order valence-corrected chi connectivity index (χ0v) is 7.76. The molecule has 0 aromatic carbocycles. The Balaban J connectivity index is 3.03. The fourth-order valence-electron chi connectivity index (χ4n) is 0.966. The standard InChI is InChI=1S/C10H14FN/c1-4-10(2,3)8-6-5-7-9(11)12-8/h5-7H,4H2,1-3H3. The lowest BCUT2D eigenvalue weighted by Crippen LogP contribution is -2.17. The lowest BCUT2D eigenvalue weighted by atomic mass is 9.86. The van der Waals surface area contributed by atoms with E-state index in [1.807, 2.05) is 6.07 Å². The molecule has 0 bridgehead atoms. The zero-order chi connectivity index (χ0) is 9.19. The number of rotatable bonds is 2. The third-order valence-electron chi connectivity index (χ3n) is 2.29. The number of hydrogen-bond acceptors (Lipinski definition) is 1. The van der Waals surface area contributed by atoms with E-state index in [1.54, 1.807) is 6.07 Å². The second kappa shape index (κ2) is 3.21. The fourth-order valence-corrected chi connectivity index (χ4v) is 0.966. The van der Waals surface area contributed by atoms with Gasteiger partial charge in [0.25, 0.3) is 0 Å². The quantitative estimate of drug-likeness (QED) is 0.617. The normalized spacial score (nSPS) is 11.7. The molecule has 1 aromatic rings. The minimum Gasteiger partial charge on any atom is -0.224 e. The van der Waals surface area contributed by atoms with Crippen molar-refractivity contribution in [2.75, 3.05) is 0 Å². The molecule has 0 spiro atoms. The molecule has 0 amide bonds. The Morgan fingerprint density at radius 2 is 2.08 bits per heavy atom. The summed E-state index contributed by atoms with van der Waals surface area (Å²) >= 11 is 0. The molecule has 1 rings (SSSR count). The van der Waals surface area contributed by atoms with Gasteiger partial charge in [-0.1, -0.05) is 26.8 Å². The van der Waals surface area contributed by atoms with E-state index in [2.05, 4.69) is 25.8 Å². The third kappa shape index (κ3) is 1.81. The zero-order valence-electron chi connectivity index (χ0n) is 7.76. The molecule has 0 aliphatic carbocycles. The maximum Gasteiger partial charge on any atom is 0.213 e. The highest BCUT2D eigenvalue weighted by Gasteiger charge is 2.19. The first-order valence-electron chi connectivity index (χ1n) is 4.19. The van der Waals surface area contributed by atoms with Gasteiger partial charge in [-0.15, -0.1) is 0 Å². The van der Waals surface area contributed by atoms with Gasteiger partial charge in [-0.2, -0.15) is 4.39 Å². The van der Waals surface area contributed by atoms with Crippen molar-refractivity contribution in [3.63, 3.8) is 0 Å². The van der Waals surface area contributed by atoms with Crippen LogP contribution < -0.4 is 0 Å². The summed E-state index contributed by atoms with van der Waals surface area (Å²) in [5.74, 6) is -0.394. The first kappa shape index (κ1) is 9.17. The Kier molecular flexibility index (Phi) is 2.46. The van der Waals surface area contributed by atoms with Gasteiger partial charge in [0.05, 0.1) is 0 Å². The first-order valence-corrected chi connectivity index (χ1v) is 4.19. The van der Waals surface area contributed by atoms with Crippen LogP contribution in [0.5, 0.6) is 0 Å². The Morgan fingerprint density at radius 3 is 2.58 bits per heavy atom. The second-order valence-electron chi connectivity index (χ2n) is 3.58. The molecule has 66 valence electrons. The van der Waals surface area contributed by atoms with Crippen molar-refractivity contribution in [3.8, 4) is 0 Å². The molecule has 1 aromatic heterocycles. The second-order valence-corrected chi connectivity index (χ2v) is 3.58. The fraction of sp³-hybridized carbons (Fsp3) is 0.500. The van der Waals surface area contributed by atoms with Crippen molar-refractivity contribution in [2.24, 2.45) is 0 Å². The van der Waals surface area contributed by atoms with Crippen LogP contribution in [0.4, 0.5) is 4.39 Å². The van der Waals surface area contributed by atoms with Gasteiger partial charge in [-0.25, -0.2) is 4.98 Å². The SMILES string of the molecule is CCC(C)(C)c1cccc(F)n1. The molecule has 0 N–H and O–H groups in total. The largest absolute Gasteiger partial charge is 0.224 e. The molecule has 0 radical (unpaired) electrons. The van der Waals surface area contributed by atoms with Gasteiger partial charge in [-0.3, -0.25) is 0 Å². The molecule has 0 unspecified atom stereocenters. The Morgan fingerprint density at radius 1 is 1.42 bits per heavy atom. The smallest absolute Gasteiger partial charge is 0.213 e. The molecular weight excluding hydrogens is 153 g/mol. The number of halogens is 1. The van der Waals surface area contributed by atoms with E-state index in [0.29, 0.717) is 0 Å². The van der Waals surface area contributed by atoms with Gasteiger partial charge in [0.1, 0.15) is 0 Å². The van der Waals surface area contributed by atoms with Gasteiger partial charge in [0, 0.05) is 11.1 Å². The van der Waals surface area contributed by atoms with E-state index in [0.717, 1.165) is 12.1 Å². The van der Waals surface area contributed by atoms with E-state index in [-0.39, 0.29) is 5.41 Å². The molecule has 2 heteroatoms. The van der Waals surface area contributed by atoms with Crippen LogP contribution in [0.25, 0.3) is 0 Å². The Hall–Kier alpha value is -0.920. The average molecular weight is 167 g/mol. The monoisotopic (exact) mass is 167 g/mol. The Labute approximate surface area is 72.6 Å². The molecular formula is C10H14FN. The van der Waals surface area contributed by atoms with Crippen LogP contribution in [0.2, 0.25) is 0 Å². The van der Waals surface area contributed by atoms with E-state index < -0.39 is 5.95 Å². The molecule has 0 aliphatic heterocycles. The topological polar surface area (TPSA) is 12.9 Å². The molecule has 0 fully saturated rings. The van der Waals surface area contributed by atoms with Crippen LogP contribution in [0.1, 0.15) is 32.9 Å². The molecule has 1 heterocycles. The minimum atomic E-state index is -0.394. The van der Waals surface area contributed by atoms with E-state index >= 15 is 0 Å². The van der Waals surface area contributed by atoms with Crippen LogP contribution >= 0.6 is 0 Å². The summed E-state index contributed by atoms with van der Waals surface area (Å²) in [6, 6.07) is 4.94. The first-order chi connectivity index (χ1) is 5.56. The van der Waals surface area contributed by atoms with Crippen LogP contribution in [0.3, 0.4) is 0 Å². The van der Waals surface area contributed by atoms with Crippen molar-refractivity contribution >= 4 is 0 Å². The van der Waals surface area contributed by atoms with Gasteiger partial charge >= 0.3 is 0 Å². The van der Waals surface area contributed by atoms with Crippen molar-refractivity contribution in [2.45, 2.75) is 32.6 Å². The number of aromatic nitrogens is 1. The van der Waals surface area contributed by atoms with Crippen molar-refractivity contribution in [3.05, 3.63) is 29.8 Å². The van der Waals surface area contributed by atoms with Crippen molar-refractivity contribution < 1.29 is 4.39 Å². The average Bonchev–Trinajstić information content (AvgIpc) is 2.05. The van der Waals surface area contributed by atoms with Gasteiger partial charge in [-0.05, 0) is 18.6 Å². The van der Waals surface area contributed by atoms with Gasteiger partial charge in [0.2, 0.25) is 5.95 Å². The van der Waals surface area contributed by atoms with E-state index in [9.17, 15) is 4.39 Å². The summed E-state index contributed by atoms with van der Waals surface area (Å²) in [4.78, 5) is 3.85. The predicted octanol–water partition coefficient (Wildman–Crippen LogP) is 2.91. The highest BCUT2D eigenvalue weighted by molar-refractivity contribution is 5.14. The lowest BCUT2D eigenvalue weighted by molar-refractivity contribution is 0.471. The summed E-state index contributed by atoms with van der Waals surface area (Å²) in [6.45, 7) is 6.20. The van der Waals surface area contributed by atoms with Crippen LogP contribution in [-0.4, -0.2) is 4.98 Å². The highest BCUT2D eigenvalue weighted by atomic mass is 19.1. The highest BCUT2D eigenvalue weighted by Crippen LogP contribution is 2.24. The van der Waals surface area contributed by atoms with Gasteiger partial charge < -0.3 is 0 Å². The predicted molar refractivity (Wildman–Crippen MR) is 47.5 cm³/mol. The molecule has 0 saturated heterocycles. The molecule has 0 saturated carbocycles. The molecule has 0 aliphatic rings. The number of pyridine rings is 1. The lowest BCUT2D eigenvalue weighted by Gasteiger charge is -2.21. The summed E-state index contributed by atoms with van der Waals surface area (Å²) in [5.41, 5.74) is 0.798. The summed E-state index contributed by atoms with van der Waals surface area (Å²) in [5, 5.41) is 0. The number of hydrogen-bond donors (Lipinski definition) is 0. The third-order valence-corrected chi connectivity index (χ3v) is 2.29. The van der Waals surface area contributed by atoms with Crippen LogP contribution in [0, 0.1) is 5.95 Å². The summed E-state index contributed by atoms with van der Waals surface area (Å²) < 4.78 is 12.7. The minimum absolute atomic E-state index is 0.0257. The molecule has 1 nitrogen and oxygen atoms in total. The summed E-state index contributed by atoms with van der Waals surface area (Å²) in [6.07, 6.45) is 0.962. The van der Waals surface area contributed by atoms with E-state index in [4.69, 9.17) is 0 Å². The molecule has 0 atom stereocenters. The van der Waals surface area contributed by atoms with Crippen molar-refractivity contribution in [1.82, 2.24) is 4.98 Å². The van der Waals surface area contributed by atoms with Gasteiger partial charge in [0.15, 0.2) is 0 Å². The maximum absolute atomic E-state index is 12.7. The Bertz CT molecular complexity index is 268. The molecule has 12 heavy (non-hydrogen) atoms. The summed E-state index contributed by atoms with van der Waals surface area (Å²) in [7, 11) is 0. The van der Waals surface area contributed by atoms with Crippen molar-refractivity contribution in [1.29, 1.82) is 0 Å². The van der Waals surface area contributed by atoms with Crippen LogP contribution in [-0.2, 0) is 5.41 Å². The number of nitrogens with zero attached hydrogens (tertiary/aromatic N) is 1. The van der Waals surface area contributed by atoms with E-state index in [1.165, 1.54) is 6.07 Å². The van der Waals surface area contributed by atoms with Crippen LogP contribution in [0.15, 0.2) is 18.2 Å². The maximum atomic E-state index is 12.7.